The van der Waals surface area contributed by atoms with Crippen LogP contribution in [-0.2, 0) is 9.16 Å². The van der Waals surface area contributed by atoms with Gasteiger partial charge in [-0.05, 0) is 43.5 Å². The van der Waals surface area contributed by atoms with Crippen molar-refractivity contribution >= 4 is 8.32 Å². The van der Waals surface area contributed by atoms with Crippen molar-refractivity contribution in [3.05, 3.63) is 35.9 Å². The van der Waals surface area contributed by atoms with Crippen LogP contribution in [0.25, 0.3) is 0 Å². The second-order valence-corrected chi connectivity index (χ2v) is 14.7. The van der Waals surface area contributed by atoms with Crippen molar-refractivity contribution in [2.24, 2.45) is 5.92 Å². The van der Waals surface area contributed by atoms with Gasteiger partial charge in [0.15, 0.2) is 8.32 Å². The Balaban J connectivity index is 2.17. The van der Waals surface area contributed by atoms with E-state index in [1.165, 1.54) is 18.4 Å². The Bertz CT molecular complexity index is 588. The van der Waals surface area contributed by atoms with E-state index in [9.17, 15) is 0 Å². The summed E-state index contributed by atoms with van der Waals surface area (Å²) >= 11 is 0. The first kappa shape index (κ1) is 23.6. The smallest absolute Gasteiger partial charge is 0.192 e. The van der Waals surface area contributed by atoms with Gasteiger partial charge in [0, 0.05) is 31.7 Å². The van der Waals surface area contributed by atoms with Crippen molar-refractivity contribution in [1.82, 2.24) is 10.4 Å². The molecule has 0 aromatic heterocycles. The molecule has 0 aliphatic carbocycles. The van der Waals surface area contributed by atoms with Crippen LogP contribution in [0.15, 0.2) is 30.3 Å². The second kappa shape index (κ2) is 9.85. The summed E-state index contributed by atoms with van der Waals surface area (Å²) in [4.78, 5) is 0. The average Bonchev–Trinajstić information content (AvgIpc) is 3.06. The van der Waals surface area contributed by atoms with Crippen molar-refractivity contribution in [3.63, 3.8) is 0 Å². The van der Waals surface area contributed by atoms with Crippen LogP contribution in [0.1, 0.15) is 59.1 Å². The summed E-state index contributed by atoms with van der Waals surface area (Å²) in [6.07, 6.45) is 2.52. The van der Waals surface area contributed by atoms with E-state index in [-0.39, 0.29) is 11.1 Å². The number of ether oxygens (including phenoxy) is 1. The zero-order valence-corrected chi connectivity index (χ0v) is 20.3. The Morgan fingerprint density at radius 1 is 1.18 bits per heavy atom. The molecule has 1 aliphatic heterocycles. The fourth-order valence-corrected chi connectivity index (χ4v) is 4.97. The fraction of sp³-hybridized carbons (Fsp3) is 0.739. The first-order chi connectivity index (χ1) is 13.1. The Morgan fingerprint density at radius 3 is 2.39 bits per heavy atom. The molecule has 5 heteroatoms. The Labute approximate surface area is 174 Å². The first-order valence-electron chi connectivity index (χ1n) is 10.8. The summed E-state index contributed by atoms with van der Waals surface area (Å²) in [7, 11) is -0.0985. The van der Waals surface area contributed by atoms with Gasteiger partial charge in [0.2, 0.25) is 0 Å². The zero-order chi connectivity index (χ0) is 20.9. The number of benzene rings is 1. The number of rotatable bonds is 9. The minimum atomic E-state index is -1.89. The number of hydrogen-bond acceptors (Lipinski definition) is 4. The molecule has 4 nitrogen and oxygen atoms in total. The summed E-state index contributed by atoms with van der Waals surface area (Å²) < 4.78 is 12.4. The van der Waals surface area contributed by atoms with Gasteiger partial charge in [0.1, 0.15) is 0 Å². The van der Waals surface area contributed by atoms with Crippen LogP contribution in [0, 0.1) is 5.92 Å². The minimum Gasteiger partial charge on any atom is -0.410 e. The molecule has 1 aliphatic rings. The monoisotopic (exact) mass is 406 g/mol. The topological polar surface area (TPSA) is 33.7 Å². The number of nitrogens with zero attached hydrogens (tertiary/aromatic N) is 1. The van der Waals surface area contributed by atoms with Crippen molar-refractivity contribution in [3.8, 4) is 0 Å². The van der Waals surface area contributed by atoms with E-state index in [1.807, 2.05) is 0 Å². The fourth-order valence-electron chi connectivity index (χ4n) is 3.63. The third kappa shape index (κ3) is 5.89. The van der Waals surface area contributed by atoms with E-state index in [0.717, 1.165) is 13.2 Å². The first-order valence-corrected chi connectivity index (χ1v) is 13.7. The molecule has 0 saturated carbocycles. The quantitative estimate of drug-likeness (QED) is 0.558. The molecule has 0 amide bonds. The number of hydrogen-bond donors (Lipinski definition) is 1. The highest BCUT2D eigenvalue weighted by molar-refractivity contribution is 6.74. The zero-order valence-electron chi connectivity index (χ0n) is 19.3. The molecule has 2 rings (SSSR count). The van der Waals surface area contributed by atoms with Crippen LogP contribution in [-0.4, -0.2) is 45.7 Å². The van der Waals surface area contributed by atoms with Gasteiger partial charge in [-0.2, -0.15) is 0 Å². The average molecular weight is 407 g/mol. The molecule has 1 fully saturated rings. The Kier molecular flexibility index (Phi) is 8.29. The molecular weight excluding hydrogens is 364 g/mol. The van der Waals surface area contributed by atoms with Crippen molar-refractivity contribution in [1.29, 1.82) is 0 Å². The molecule has 0 unspecified atom stereocenters. The Morgan fingerprint density at radius 2 is 1.82 bits per heavy atom. The van der Waals surface area contributed by atoms with Crippen molar-refractivity contribution < 1.29 is 9.16 Å². The molecule has 0 spiro atoms. The predicted molar refractivity (Wildman–Crippen MR) is 121 cm³/mol. The lowest BCUT2D eigenvalue weighted by molar-refractivity contribution is 0.0404. The van der Waals surface area contributed by atoms with E-state index in [1.54, 1.807) is 7.11 Å². The normalized spacial score (nSPS) is 22.2. The molecule has 1 N–H and O–H groups in total. The Hall–Kier alpha value is -0.723. The largest absolute Gasteiger partial charge is 0.410 e. The molecule has 1 saturated heterocycles. The molecule has 1 aromatic carbocycles. The SMILES string of the molecule is COC[C@@H]1CCCN1N[C@H](C)[C@H](C)[C@@H](O[Si](C)(C)C(C)(C)C)c1ccccc1. The second-order valence-electron chi connectivity index (χ2n) is 9.93. The third-order valence-electron chi connectivity index (χ3n) is 6.73. The van der Waals surface area contributed by atoms with Gasteiger partial charge in [-0.15, -0.1) is 0 Å². The molecule has 0 bridgehead atoms. The lowest BCUT2D eigenvalue weighted by Gasteiger charge is -2.43. The van der Waals surface area contributed by atoms with Gasteiger partial charge in [0.25, 0.3) is 0 Å². The number of nitrogens with one attached hydrogen (secondary N) is 1. The van der Waals surface area contributed by atoms with Gasteiger partial charge < -0.3 is 9.16 Å². The van der Waals surface area contributed by atoms with E-state index in [2.05, 4.69) is 88.5 Å². The molecule has 1 heterocycles. The van der Waals surface area contributed by atoms with Gasteiger partial charge in [0.05, 0.1) is 12.7 Å². The number of hydrazine groups is 1. The molecule has 4 atom stereocenters. The van der Waals surface area contributed by atoms with E-state index in [0.29, 0.717) is 18.0 Å². The van der Waals surface area contributed by atoms with Gasteiger partial charge in [-0.25, -0.2) is 5.01 Å². The van der Waals surface area contributed by atoms with Gasteiger partial charge in [-0.3, -0.25) is 5.43 Å². The highest BCUT2D eigenvalue weighted by Crippen LogP contribution is 2.42. The van der Waals surface area contributed by atoms with Crippen LogP contribution in [0.5, 0.6) is 0 Å². The van der Waals surface area contributed by atoms with E-state index in [4.69, 9.17) is 9.16 Å². The lowest BCUT2D eigenvalue weighted by Crippen LogP contribution is -2.51. The maximum Gasteiger partial charge on any atom is 0.192 e. The maximum atomic E-state index is 6.97. The van der Waals surface area contributed by atoms with Crippen LogP contribution >= 0.6 is 0 Å². The van der Waals surface area contributed by atoms with E-state index >= 15 is 0 Å². The van der Waals surface area contributed by atoms with Crippen LogP contribution < -0.4 is 5.43 Å². The summed E-state index contributed by atoms with van der Waals surface area (Å²) in [6.45, 7) is 18.1. The molecule has 160 valence electrons. The molecule has 28 heavy (non-hydrogen) atoms. The molecule has 1 aromatic rings. The lowest BCUT2D eigenvalue weighted by atomic mass is 9.92. The highest BCUT2D eigenvalue weighted by Gasteiger charge is 2.41. The summed E-state index contributed by atoms with van der Waals surface area (Å²) in [5.41, 5.74) is 5.06. The summed E-state index contributed by atoms with van der Waals surface area (Å²) in [5, 5.41) is 2.58. The predicted octanol–water partition coefficient (Wildman–Crippen LogP) is 5.39. The molecular formula is C23H42N2O2Si. The maximum absolute atomic E-state index is 6.97. The third-order valence-corrected chi connectivity index (χ3v) is 11.2. The minimum absolute atomic E-state index is 0.0908. The highest BCUT2D eigenvalue weighted by atomic mass is 28.4. The standard InChI is InChI=1S/C23H42N2O2Si/c1-18(19(2)24-25-16-12-15-21(25)17-26-6)22(20-13-10-9-11-14-20)27-28(7,8)23(3,4)5/h9-11,13-14,18-19,21-22,24H,12,15-17H2,1-8H3/t18-,19+,21-,22+/m0/s1. The summed E-state index contributed by atoms with van der Waals surface area (Å²) in [6, 6.07) is 11.5. The van der Waals surface area contributed by atoms with Crippen molar-refractivity contribution in [2.75, 3.05) is 20.3 Å². The van der Waals surface area contributed by atoms with Crippen LogP contribution in [0.3, 0.4) is 0 Å². The summed E-state index contributed by atoms with van der Waals surface area (Å²) in [5.74, 6) is 0.348. The van der Waals surface area contributed by atoms with Crippen LogP contribution in [0.2, 0.25) is 18.1 Å². The van der Waals surface area contributed by atoms with Crippen LogP contribution in [0.4, 0.5) is 0 Å². The van der Waals surface area contributed by atoms with Gasteiger partial charge in [-0.1, -0.05) is 58.0 Å². The van der Waals surface area contributed by atoms with E-state index < -0.39 is 8.32 Å². The van der Waals surface area contributed by atoms with Crippen molar-refractivity contribution in [2.45, 2.75) is 83.8 Å². The molecule has 0 radical (unpaired) electrons. The number of methoxy groups -OCH3 is 1. The van der Waals surface area contributed by atoms with Gasteiger partial charge >= 0.3 is 0 Å².